The lowest BCUT2D eigenvalue weighted by Crippen LogP contribution is -1.85. The second-order valence-corrected chi connectivity index (χ2v) is 2.27. The van der Waals surface area contributed by atoms with Crippen molar-refractivity contribution in [3.63, 3.8) is 0 Å². The van der Waals surface area contributed by atoms with Gasteiger partial charge in [-0.05, 0) is 18.8 Å². The fourth-order valence-electron chi connectivity index (χ4n) is 0.935. The minimum Gasteiger partial charge on any atom is -0.102 e. The van der Waals surface area contributed by atoms with E-state index in [4.69, 9.17) is 0 Å². The molecule has 0 amide bonds. The monoisotopic (exact) mass is 120 g/mol. The molecule has 0 spiro atoms. The van der Waals surface area contributed by atoms with Crippen molar-refractivity contribution in [2.45, 2.75) is 12.8 Å². The van der Waals surface area contributed by atoms with Crippen LogP contribution in [0, 0.1) is 5.92 Å². The van der Waals surface area contributed by atoms with E-state index < -0.39 is 0 Å². The van der Waals surface area contributed by atoms with E-state index in [9.17, 15) is 0 Å². The number of hydrogen-bond donors (Lipinski definition) is 0. The average molecular weight is 120 g/mol. The summed E-state index contributed by atoms with van der Waals surface area (Å²) in [6.07, 6.45) is 13.0. The predicted octanol–water partition coefficient (Wildman–Crippen LogP) is 2.69. The fourth-order valence-corrected chi connectivity index (χ4v) is 0.935. The van der Waals surface area contributed by atoms with Crippen LogP contribution in [-0.2, 0) is 0 Å². The molecule has 0 N–H and O–H groups in total. The van der Waals surface area contributed by atoms with Crippen LogP contribution in [0.1, 0.15) is 12.8 Å². The van der Waals surface area contributed by atoms with Gasteiger partial charge in [0.25, 0.3) is 0 Å². The zero-order chi connectivity index (χ0) is 6.53. The Kier molecular flexibility index (Phi) is 2.32. The van der Waals surface area contributed by atoms with E-state index in [1.165, 1.54) is 0 Å². The summed E-state index contributed by atoms with van der Waals surface area (Å²) >= 11 is 0. The lowest BCUT2D eigenvalue weighted by Gasteiger charge is -1.98. The van der Waals surface area contributed by atoms with Gasteiger partial charge in [0.05, 0.1) is 0 Å². The first kappa shape index (κ1) is 6.34. The van der Waals surface area contributed by atoms with E-state index in [0.29, 0.717) is 5.92 Å². The van der Waals surface area contributed by atoms with Crippen LogP contribution < -0.4 is 0 Å². The Bertz CT molecular complexity index is 140. The molecule has 0 aliphatic heterocycles. The third-order valence-corrected chi connectivity index (χ3v) is 1.53. The van der Waals surface area contributed by atoms with Crippen LogP contribution >= 0.6 is 0 Å². The maximum absolute atomic E-state index is 3.74. The summed E-state index contributed by atoms with van der Waals surface area (Å²) in [5, 5.41) is 0. The van der Waals surface area contributed by atoms with Crippen LogP contribution in [0.25, 0.3) is 0 Å². The Morgan fingerprint density at radius 1 is 1.33 bits per heavy atom. The van der Waals surface area contributed by atoms with E-state index in [0.717, 1.165) is 12.8 Å². The number of allylic oxidation sites excluding steroid dienone is 5. The Morgan fingerprint density at radius 2 is 2.22 bits per heavy atom. The lowest BCUT2D eigenvalue weighted by molar-refractivity contribution is 0.838. The van der Waals surface area contributed by atoms with Crippen molar-refractivity contribution in [3.8, 4) is 0 Å². The van der Waals surface area contributed by atoms with Gasteiger partial charge in [-0.25, -0.2) is 0 Å². The van der Waals surface area contributed by atoms with Gasteiger partial charge in [-0.3, -0.25) is 0 Å². The summed E-state index contributed by atoms with van der Waals surface area (Å²) < 4.78 is 0. The van der Waals surface area contributed by atoms with E-state index in [1.54, 1.807) is 0 Å². The van der Waals surface area contributed by atoms with E-state index in [-0.39, 0.29) is 0 Å². The molecule has 0 aromatic heterocycles. The summed E-state index contributed by atoms with van der Waals surface area (Å²) in [5.41, 5.74) is 0. The quantitative estimate of drug-likeness (QED) is 0.467. The highest BCUT2D eigenvalue weighted by atomic mass is 14.0. The molecule has 0 saturated heterocycles. The zero-order valence-electron chi connectivity index (χ0n) is 5.59. The standard InChI is InChI=1S/C9H12/c1-2-9-7-5-3-4-6-8-9/h2-3,5-6,8-9H,1,4,7H2. The molecule has 0 bridgehead atoms. The topological polar surface area (TPSA) is 0 Å². The zero-order valence-corrected chi connectivity index (χ0v) is 5.59. The summed E-state index contributed by atoms with van der Waals surface area (Å²) in [6, 6.07) is 0. The van der Waals surface area contributed by atoms with Crippen molar-refractivity contribution in [3.05, 3.63) is 37.0 Å². The highest BCUT2D eigenvalue weighted by Gasteiger charge is 1.96. The number of rotatable bonds is 1. The third kappa shape index (κ3) is 1.88. The van der Waals surface area contributed by atoms with Gasteiger partial charge in [-0.1, -0.05) is 30.4 Å². The normalized spacial score (nSPS) is 25.6. The third-order valence-electron chi connectivity index (χ3n) is 1.53. The van der Waals surface area contributed by atoms with Gasteiger partial charge in [0.1, 0.15) is 0 Å². The van der Waals surface area contributed by atoms with E-state index in [1.807, 2.05) is 6.08 Å². The van der Waals surface area contributed by atoms with Crippen LogP contribution in [0.5, 0.6) is 0 Å². The molecular formula is C9H12. The van der Waals surface area contributed by atoms with Gasteiger partial charge in [0, 0.05) is 0 Å². The predicted molar refractivity (Wildman–Crippen MR) is 41.2 cm³/mol. The van der Waals surface area contributed by atoms with Crippen molar-refractivity contribution in [1.82, 2.24) is 0 Å². The average Bonchev–Trinajstić information content (AvgIpc) is 2.13. The molecule has 9 heavy (non-hydrogen) atoms. The summed E-state index contributed by atoms with van der Waals surface area (Å²) in [7, 11) is 0. The van der Waals surface area contributed by atoms with Crippen molar-refractivity contribution in [1.29, 1.82) is 0 Å². The van der Waals surface area contributed by atoms with Crippen molar-refractivity contribution >= 4 is 0 Å². The first-order valence-corrected chi connectivity index (χ1v) is 3.37. The van der Waals surface area contributed by atoms with Crippen molar-refractivity contribution in [2.24, 2.45) is 5.92 Å². The highest BCUT2D eigenvalue weighted by Crippen LogP contribution is 2.11. The maximum atomic E-state index is 3.74. The molecular weight excluding hydrogens is 108 g/mol. The molecule has 0 aromatic carbocycles. The van der Waals surface area contributed by atoms with Gasteiger partial charge < -0.3 is 0 Å². The molecule has 0 radical (unpaired) electrons. The van der Waals surface area contributed by atoms with Crippen LogP contribution in [0.15, 0.2) is 37.0 Å². The van der Waals surface area contributed by atoms with E-state index >= 15 is 0 Å². The first-order chi connectivity index (χ1) is 4.43. The van der Waals surface area contributed by atoms with Crippen LogP contribution in [0.3, 0.4) is 0 Å². The molecule has 1 aliphatic rings. The second kappa shape index (κ2) is 3.29. The maximum Gasteiger partial charge on any atom is -0.00215 e. The highest BCUT2D eigenvalue weighted by molar-refractivity contribution is 5.06. The molecule has 1 aliphatic carbocycles. The Labute approximate surface area is 56.6 Å². The van der Waals surface area contributed by atoms with E-state index in [2.05, 4.69) is 30.9 Å². The largest absolute Gasteiger partial charge is 0.102 e. The molecule has 0 heteroatoms. The molecule has 0 aromatic rings. The Morgan fingerprint density at radius 3 is 3.00 bits per heavy atom. The minimum absolute atomic E-state index is 0.573. The fraction of sp³-hybridized carbons (Fsp3) is 0.333. The molecule has 0 fully saturated rings. The minimum atomic E-state index is 0.573. The van der Waals surface area contributed by atoms with Gasteiger partial charge in [-0.15, -0.1) is 6.58 Å². The summed E-state index contributed by atoms with van der Waals surface area (Å²) in [4.78, 5) is 0. The SMILES string of the molecule is C=CC1C=CCC=CC1. The molecule has 0 heterocycles. The Balaban J connectivity index is 2.54. The summed E-state index contributed by atoms with van der Waals surface area (Å²) in [6.45, 7) is 3.74. The van der Waals surface area contributed by atoms with Gasteiger partial charge >= 0.3 is 0 Å². The summed E-state index contributed by atoms with van der Waals surface area (Å²) in [5.74, 6) is 0.573. The van der Waals surface area contributed by atoms with Crippen LogP contribution in [-0.4, -0.2) is 0 Å². The second-order valence-electron chi connectivity index (χ2n) is 2.27. The molecule has 0 saturated carbocycles. The van der Waals surface area contributed by atoms with Crippen LogP contribution in [0.4, 0.5) is 0 Å². The van der Waals surface area contributed by atoms with Gasteiger partial charge in [0.15, 0.2) is 0 Å². The molecule has 1 atom stereocenters. The number of hydrogen-bond acceptors (Lipinski definition) is 0. The van der Waals surface area contributed by atoms with Gasteiger partial charge in [0.2, 0.25) is 0 Å². The first-order valence-electron chi connectivity index (χ1n) is 3.37. The lowest BCUT2D eigenvalue weighted by atomic mass is 10.1. The molecule has 1 rings (SSSR count). The van der Waals surface area contributed by atoms with Crippen molar-refractivity contribution < 1.29 is 0 Å². The van der Waals surface area contributed by atoms with Gasteiger partial charge in [-0.2, -0.15) is 0 Å². The smallest absolute Gasteiger partial charge is 0.00215 e. The molecule has 48 valence electrons. The molecule has 0 nitrogen and oxygen atoms in total. The van der Waals surface area contributed by atoms with Crippen LogP contribution in [0.2, 0.25) is 0 Å². The molecule has 1 unspecified atom stereocenters. The van der Waals surface area contributed by atoms with Crippen molar-refractivity contribution in [2.75, 3.05) is 0 Å². The Hall–Kier alpha value is -0.780.